The van der Waals surface area contributed by atoms with Gasteiger partial charge in [0.15, 0.2) is 0 Å². The zero-order valence-electron chi connectivity index (χ0n) is 10.5. The van der Waals surface area contributed by atoms with Crippen LogP contribution in [0.2, 0.25) is 0 Å². The molecule has 0 aromatic heterocycles. The Labute approximate surface area is 107 Å². The summed E-state index contributed by atoms with van der Waals surface area (Å²) < 4.78 is 6.09. The van der Waals surface area contributed by atoms with E-state index in [-0.39, 0.29) is 5.60 Å². The maximum Gasteiger partial charge on any atom is 0.0963 e. The van der Waals surface area contributed by atoms with Gasteiger partial charge in [0, 0.05) is 19.6 Å². The third-order valence-electron chi connectivity index (χ3n) is 4.18. The Morgan fingerprint density at radius 3 is 2.83 bits per heavy atom. The molecule has 0 atom stereocenters. The first-order valence-corrected chi connectivity index (χ1v) is 6.58. The lowest BCUT2D eigenvalue weighted by atomic mass is 9.84. The van der Waals surface area contributed by atoms with Crippen molar-refractivity contribution in [2.75, 3.05) is 26.2 Å². The Kier molecular flexibility index (Phi) is 3.14. The average Bonchev–Trinajstić information content (AvgIpc) is 2.78. The monoisotopic (exact) mass is 246 g/mol. The van der Waals surface area contributed by atoms with Crippen LogP contribution in [-0.2, 0) is 16.9 Å². The molecule has 0 N–H and O–H groups in total. The van der Waals surface area contributed by atoms with Gasteiger partial charge in [-0.3, -0.25) is 0 Å². The lowest BCUT2D eigenvalue weighted by Gasteiger charge is -2.39. The van der Waals surface area contributed by atoms with E-state index in [9.17, 15) is 4.91 Å². The summed E-state index contributed by atoms with van der Waals surface area (Å²) in [6, 6.07) is 8.53. The Morgan fingerprint density at radius 1 is 1.28 bits per heavy atom. The van der Waals surface area contributed by atoms with Crippen LogP contribution in [0.4, 0.5) is 0 Å². The van der Waals surface area contributed by atoms with Gasteiger partial charge in [-0.05, 0) is 24.0 Å². The van der Waals surface area contributed by atoms with Gasteiger partial charge in [0.2, 0.25) is 0 Å². The molecule has 96 valence electrons. The van der Waals surface area contributed by atoms with Gasteiger partial charge in [-0.25, -0.2) is 0 Å². The smallest absolute Gasteiger partial charge is 0.0963 e. The number of hydrogen-bond donors (Lipinski definition) is 0. The number of hydrogen-bond acceptors (Lipinski definition) is 4. The van der Waals surface area contributed by atoms with Crippen molar-refractivity contribution in [2.45, 2.75) is 25.0 Å². The number of ether oxygens (including phenoxy) is 1. The predicted octanol–water partition coefficient (Wildman–Crippen LogP) is 2.27. The average molecular weight is 246 g/mol. The standard InChI is InChI=1S/C14H18N2O2/c17-15-7-10-16-8-5-14(6-9-16)13-4-2-1-3-12(13)11-18-14/h1-4H,5-11H2. The minimum atomic E-state index is -0.0678. The molecule has 1 spiro atoms. The molecule has 1 fully saturated rings. The van der Waals surface area contributed by atoms with Crippen LogP contribution in [-0.4, -0.2) is 31.1 Å². The number of likely N-dealkylation sites (tertiary alicyclic amines) is 1. The first-order valence-electron chi connectivity index (χ1n) is 6.58. The third-order valence-corrected chi connectivity index (χ3v) is 4.18. The molecule has 0 amide bonds. The summed E-state index contributed by atoms with van der Waals surface area (Å²) in [5.74, 6) is 0. The summed E-state index contributed by atoms with van der Waals surface area (Å²) in [4.78, 5) is 12.5. The number of nitrogens with zero attached hydrogens (tertiary/aromatic N) is 2. The van der Waals surface area contributed by atoms with E-state index in [0.717, 1.165) is 39.1 Å². The number of benzene rings is 1. The molecule has 4 heteroatoms. The van der Waals surface area contributed by atoms with Crippen LogP contribution in [0, 0.1) is 4.91 Å². The fourth-order valence-electron chi connectivity index (χ4n) is 3.12. The number of rotatable bonds is 3. The highest BCUT2D eigenvalue weighted by Gasteiger charge is 2.42. The molecule has 2 heterocycles. The fraction of sp³-hybridized carbons (Fsp3) is 0.571. The summed E-state index contributed by atoms with van der Waals surface area (Å²) in [7, 11) is 0. The van der Waals surface area contributed by atoms with Gasteiger partial charge in [-0.1, -0.05) is 29.4 Å². The predicted molar refractivity (Wildman–Crippen MR) is 69.2 cm³/mol. The lowest BCUT2D eigenvalue weighted by Crippen LogP contribution is -2.43. The molecule has 4 nitrogen and oxygen atoms in total. The minimum absolute atomic E-state index is 0.0678. The largest absolute Gasteiger partial charge is 0.365 e. The molecule has 1 saturated heterocycles. The van der Waals surface area contributed by atoms with Crippen LogP contribution in [0.5, 0.6) is 0 Å². The summed E-state index contributed by atoms with van der Waals surface area (Å²) in [5, 5.41) is 2.93. The van der Waals surface area contributed by atoms with Gasteiger partial charge in [0.25, 0.3) is 0 Å². The number of nitroso groups, excluding NO2 is 1. The Balaban J connectivity index is 1.71. The van der Waals surface area contributed by atoms with E-state index >= 15 is 0 Å². The topological polar surface area (TPSA) is 41.9 Å². The summed E-state index contributed by atoms with van der Waals surface area (Å²) in [6.45, 7) is 3.89. The SMILES string of the molecule is O=NCCN1CCC2(CC1)OCc1ccccc12. The van der Waals surface area contributed by atoms with Crippen LogP contribution < -0.4 is 0 Å². The number of fused-ring (bicyclic) bond motifs is 2. The van der Waals surface area contributed by atoms with E-state index in [0.29, 0.717) is 6.54 Å². The van der Waals surface area contributed by atoms with Gasteiger partial charge in [-0.15, -0.1) is 0 Å². The van der Waals surface area contributed by atoms with Crippen molar-refractivity contribution in [1.29, 1.82) is 0 Å². The second-order valence-electron chi connectivity index (χ2n) is 5.13. The second-order valence-corrected chi connectivity index (χ2v) is 5.13. The Hall–Kier alpha value is -1.26. The molecule has 18 heavy (non-hydrogen) atoms. The van der Waals surface area contributed by atoms with Gasteiger partial charge in [0.05, 0.1) is 18.8 Å². The molecule has 3 rings (SSSR count). The molecule has 0 bridgehead atoms. The van der Waals surface area contributed by atoms with E-state index in [1.165, 1.54) is 11.1 Å². The first-order chi connectivity index (χ1) is 8.84. The van der Waals surface area contributed by atoms with Crippen molar-refractivity contribution in [3.05, 3.63) is 40.3 Å². The quantitative estimate of drug-likeness (QED) is 0.768. The summed E-state index contributed by atoms with van der Waals surface area (Å²) in [6.07, 6.45) is 2.03. The van der Waals surface area contributed by atoms with E-state index in [4.69, 9.17) is 4.74 Å². The molecule has 0 saturated carbocycles. The maximum absolute atomic E-state index is 10.2. The third kappa shape index (κ3) is 1.95. The molecule has 0 aliphatic carbocycles. The van der Waals surface area contributed by atoms with Gasteiger partial charge < -0.3 is 9.64 Å². The van der Waals surface area contributed by atoms with E-state index < -0.39 is 0 Å². The fourth-order valence-corrected chi connectivity index (χ4v) is 3.12. The van der Waals surface area contributed by atoms with Crippen molar-refractivity contribution >= 4 is 0 Å². The minimum Gasteiger partial charge on any atom is -0.365 e. The highest BCUT2D eigenvalue weighted by atomic mass is 16.5. The highest BCUT2D eigenvalue weighted by molar-refractivity contribution is 5.35. The van der Waals surface area contributed by atoms with Crippen molar-refractivity contribution in [1.82, 2.24) is 4.90 Å². The van der Waals surface area contributed by atoms with E-state index in [1.54, 1.807) is 0 Å². The molecular formula is C14H18N2O2. The number of piperidine rings is 1. The van der Waals surface area contributed by atoms with Crippen LogP contribution in [0.15, 0.2) is 29.4 Å². The van der Waals surface area contributed by atoms with Gasteiger partial charge in [-0.2, -0.15) is 4.91 Å². The van der Waals surface area contributed by atoms with E-state index in [1.807, 2.05) is 0 Å². The second kappa shape index (κ2) is 4.78. The zero-order chi connectivity index (χ0) is 12.4. The lowest BCUT2D eigenvalue weighted by molar-refractivity contribution is -0.0783. The molecule has 0 unspecified atom stereocenters. The van der Waals surface area contributed by atoms with Crippen molar-refractivity contribution in [3.8, 4) is 0 Å². The Bertz CT molecular complexity index is 439. The Morgan fingerprint density at radius 2 is 2.06 bits per heavy atom. The highest BCUT2D eigenvalue weighted by Crippen LogP contribution is 2.43. The molecule has 2 aliphatic heterocycles. The van der Waals surface area contributed by atoms with Crippen LogP contribution >= 0.6 is 0 Å². The van der Waals surface area contributed by atoms with Crippen LogP contribution in [0.25, 0.3) is 0 Å². The van der Waals surface area contributed by atoms with E-state index in [2.05, 4.69) is 34.3 Å². The van der Waals surface area contributed by atoms with Crippen LogP contribution in [0.1, 0.15) is 24.0 Å². The van der Waals surface area contributed by atoms with Crippen LogP contribution in [0.3, 0.4) is 0 Å². The normalized spacial score (nSPS) is 22.0. The maximum atomic E-state index is 10.2. The van der Waals surface area contributed by atoms with Crippen molar-refractivity contribution in [2.24, 2.45) is 5.18 Å². The molecule has 0 radical (unpaired) electrons. The molecular weight excluding hydrogens is 228 g/mol. The molecule has 1 aromatic rings. The molecule has 2 aliphatic rings. The van der Waals surface area contributed by atoms with Crippen molar-refractivity contribution in [3.63, 3.8) is 0 Å². The van der Waals surface area contributed by atoms with Crippen molar-refractivity contribution < 1.29 is 4.74 Å². The summed E-state index contributed by atoms with van der Waals surface area (Å²) in [5.41, 5.74) is 2.64. The first kappa shape index (κ1) is 11.8. The van der Waals surface area contributed by atoms with Gasteiger partial charge in [0.1, 0.15) is 0 Å². The summed E-state index contributed by atoms with van der Waals surface area (Å²) >= 11 is 0. The van der Waals surface area contributed by atoms with Gasteiger partial charge >= 0.3 is 0 Å². The zero-order valence-corrected chi connectivity index (χ0v) is 10.5. The molecule has 1 aromatic carbocycles.